The smallest absolute Gasteiger partial charge is 1.00 e. The summed E-state index contributed by atoms with van der Waals surface area (Å²) in [5.41, 5.74) is 0. The van der Waals surface area contributed by atoms with E-state index in [0.717, 1.165) is 6.54 Å². The molecule has 0 saturated heterocycles. The van der Waals surface area contributed by atoms with Crippen LogP contribution in [0.4, 0.5) is 0 Å². The summed E-state index contributed by atoms with van der Waals surface area (Å²) in [6, 6.07) is 0. The van der Waals surface area contributed by atoms with Gasteiger partial charge in [-0.3, -0.25) is 0 Å². The fourth-order valence-electron chi connectivity index (χ4n) is 0.406. The molecule has 0 bridgehead atoms. The summed E-state index contributed by atoms with van der Waals surface area (Å²) in [4.78, 5) is 0. The van der Waals surface area contributed by atoms with Gasteiger partial charge in [0, 0.05) is 6.54 Å². The van der Waals surface area contributed by atoms with Gasteiger partial charge in [0.05, 0.1) is 0 Å². The van der Waals surface area contributed by atoms with Gasteiger partial charge >= 0.3 is 75.5 Å². The third kappa shape index (κ3) is 5.93. The van der Waals surface area contributed by atoms with Crippen LogP contribution in [0.25, 0.3) is 0 Å². The van der Waals surface area contributed by atoms with E-state index in [1.54, 1.807) is 0 Å². The zero-order valence-corrected chi connectivity index (χ0v) is 9.35. The van der Waals surface area contributed by atoms with Crippen molar-refractivity contribution in [3.63, 3.8) is 0 Å². The third-order valence-corrected chi connectivity index (χ3v) is 0.697. The van der Waals surface area contributed by atoms with Crippen molar-refractivity contribution in [1.29, 1.82) is 0 Å². The predicted octanol–water partition coefficient (Wildman–Crippen LogP) is 0.348. The van der Waals surface area contributed by atoms with Gasteiger partial charge in [0.15, 0.2) is 0 Å². The SMILES string of the molecule is C1=CCNC=C1.[Ca+2].[Ca+2].[H-].[H-].[H-].[H-]. The summed E-state index contributed by atoms with van der Waals surface area (Å²) in [6.45, 7) is 0.983. The maximum atomic E-state index is 3.02. The second kappa shape index (κ2) is 8.80. The number of rotatable bonds is 0. The zero-order valence-electron chi connectivity index (χ0n) is 8.93. The molecule has 1 aliphatic heterocycles. The molecule has 0 aromatic heterocycles. The van der Waals surface area contributed by atoms with Gasteiger partial charge in [-0.05, 0) is 12.3 Å². The van der Waals surface area contributed by atoms with Crippen LogP contribution < -0.4 is 5.32 Å². The molecule has 0 atom stereocenters. The summed E-state index contributed by atoms with van der Waals surface area (Å²) in [6.07, 6.45) is 8.00. The quantitative estimate of drug-likeness (QED) is 0.511. The molecule has 1 N–H and O–H groups in total. The second-order valence-electron chi connectivity index (χ2n) is 1.20. The molecule has 0 saturated carbocycles. The molecule has 1 nitrogen and oxygen atoms in total. The van der Waals surface area contributed by atoms with E-state index < -0.39 is 0 Å². The Kier molecular flexibility index (Phi) is 13.7. The first kappa shape index (κ1) is 12.5. The van der Waals surface area contributed by atoms with Crippen molar-refractivity contribution in [3.8, 4) is 0 Å². The Labute approximate surface area is 116 Å². The molecule has 0 aromatic carbocycles. The monoisotopic (exact) mass is 165 g/mol. The van der Waals surface area contributed by atoms with Crippen LogP contribution in [0.3, 0.4) is 0 Å². The van der Waals surface area contributed by atoms with Crippen molar-refractivity contribution in [2.24, 2.45) is 0 Å². The molecule has 0 spiro atoms. The van der Waals surface area contributed by atoms with Crippen molar-refractivity contribution in [2.45, 2.75) is 0 Å². The molecule has 0 fully saturated rings. The Morgan fingerprint density at radius 2 is 2.00 bits per heavy atom. The number of allylic oxidation sites excluding steroid dienone is 2. The van der Waals surface area contributed by atoms with Crippen LogP contribution in [-0.2, 0) is 0 Å². The molecule has 1 aliphatic rings. The Morgan fingerprint density at radius 1 is 1.25 bits per heavy atom. The predicted molar refractivity (Wildman–Crippen MR) is 42.2 cm³/mol. The summed E-state index contributed by atoms with van der Waals surface area (Å²) < 4.78 is 0. The average molecular weight is 165 g/mol. The van der Waals surface area contributed by atoms with E-state index in [4.69, 9.17) is 0 Å². The normalized spacial score (nSPS) is 13.0. The molecule has 40 valence electrons. The van der Waals surface area contributed by atoms with Crippen LogP contribution in [0.5, 0.6) is 0 Å². The maximum absolute atomic E-state index is 3.02. The topological polar surface area (TPSA) is 12.0 Å². The summed E-state index contributed by atoms with van der Waals surface area (Å²) >= 11 is 0. The molecular formula is C5H11Ca2N. The van der Waals surface area contributed by atoms with E-state index in [0.29, 0.717) is 0 Å². The fourth-order valence-corrected chi connectivity index (χ4v) is 0.406. The number of hydrogen-bond donors (Lipinski definition) is 1. The summed E-state index contributed by atoms with van der Waals surface area (Å²) in [5.74, 6) is 0. The number of dihydropyridines is 1. The van der Waals surface area contributed by atoms with Gasteiger partial charge < -0.3 is 11.0 Å². The van der Waals surface area contributed by atoms with E-state index >= 15 is 0 Å². The van der Waals surface area contributed by atoms with Gasteiger partial charge in [0.1, 0.15) is 0 Å². The van der Waals surface area contributed by atoms with Gasteiger partial charge in [-0.1, -0.05) is 12.2 Å². The van der Waals surface area contributed by atoms with Crippen molar-refractivity contribution < 1.29 is 5.71 Å². The van der Waals surface area contributed by atoms with E-state index in [1.165, 1.54) is 0 Å². The van der Waals surface area contributed by atoms with Crippen LogP contribution in [0, 0.1) is 0 Å². The minimum Gasteiger partial charge on any atom is -1.00 e. The minimum absolute atomic E-state index is 0. The van der Waals surface area contributed by atoms with Crippen molar-refractivity contribution in [3.05, 3.63) is 24.4 Å². The molecule has 0 unspecified atom stereocenters. The van der Waals surface area contributed by atoms with Crippen molar-refractivity contribution >= 4 is 75.5 Å². The second-order valence-corrected chi connectivity index (χ2v) is 1.20. The van der Waals surface area contributed by atoms with Crippen LogP contribution in [0.2, 0.25) is 0 Å². The molecule has 1 rings (SSSR count). The molecule has 3 heteroatoms. The third-order valence-electron chi connectivity index (χ3n) is 0.697. The Hall–Kier alpha value is 1.80. The molecule has 8 heavy (non-hydrogen) atoms. The van der Waals surface area contributed by atoms with Gasteiger partial charge in [-0.15, -0.1) is 0 Å². The standard InChI is InChI=1S/C5H7N.2Ca.4H/c1-2-4-6-5-3-1;;;;;;/h1-4,6H,5H2;;;;;;/q;2*+2;4*-1. The van der Waals surface area contributed by atoms with Crippen molar-refractivity contribution in [2.75, 3.05) is 6.54 Å². The Bertz CT molecular complexity index is 87.4. The van der Waals surface area contributed by atoms with Crippen molar-refractivity contribution in [1.82, 2.24) is 5.32 Å². The Morgan fingerprint density at radius 3 is 2.12 bits per heavy atom. The zero-order chi connectivity index (χ0) is 4.24. The maximum Gasteiger partial charge on any atom is 2.00 e. The van der Waals surface area contributed by atoms with E-state index in [1.807, 2.05) is 18.4 Å². The first-order valence-corrected chi connectivity index (χ1v) is 2.05. The molecule has 1 heterocycles. The average Bonchev–Trinajstić information content (AvgIpc) is 1.72. The first-order valence-electron chi connectivity index (χ1n) is 2.05. The van der Waals surface area contributed by atoms with E-state index in [-0.39, 0.29) is 81.2 Å². The molecular weight excluding hydrogens is 154 g/mol. The fraction of sp³-hybridized carbons (Fsp3) is 0.200. The minimum atomic E-state index is 0. The molecule has 0 aromatic rings. The van der Waals surface area contributed by atoms with Crippen LogP contribution in [-0.4, -0.2) is 82.0 Å². The van der Waals surface area contributed by atoms with E-state index in [9.17, 15) is 0 Å². The van der Waals surface area contributed by atoms with Crippen LogP contribution in [0.1, 0.15) is 5.71 Å². The van der Waals surface area contributed by atoms with Crippen LogP contribution in [0.15, 0.2) is 24.4 Å². The molecule has 0 aliphatic carbocycles. The molecule has 0 amide bonds. The van der Waals surface area contributed by atoms with Gasteiger partial charge in [0.2, 0.25) is 0 Å². The first-order chi connectivity index (χ1) is 3.00. The molecule has 0 radical (unpaired) electrons. The summed E-state index contributed by atoms with van der Waals surface area (Å²) in [7, 11) is 0. The Balaban J connectivity index is -0.0000000150. The van der Waals surface area contributed by atoms with Gasteiger partial charge in [-0.25, -0.2) is 0 Å². The van der Waals surface area contributed by atoms with E-state index in [2.05, 4.69) is 11.4 Å². The van der Waals surface area contributed by atoms with Gasteiger partial charge in [0.25, 0.3) is 0 Å². The van der Waals surface area contributed by atoms with Crippen LogP contribution >= 0.6 is 0 Å². The number of nitrogens with one attached hydrogen (secondary N) is 1. The summed E-state index contributed by atoms with van der Waals surface area (Å²) in [5, 5.41) is 3.02. The van der Waals surface area contributed by atoms with Gasteiger partial charge in [-0.2, -0.15) is 0 Å². The largest absolute Gasteiger partial charge is 2.00 e. The number of hydrogen-bond acceptors (Lipinski definition) is 1.